The number of anilines is 1. The quantitative estimate of drug-likeness (QED) is 0.718. The van der Waals surface area contributed by atoms with E-state index >= 15 is 0 Å². The van der Waals surface area contributed by atoms with Crippen LogP contribution in [0.25, 0.3) is 0 Å². The minimum Gasteiger partial charge on any atom is -0.309 e. The van der Waals surface area contributed by atoms with Crippen molar-refractivity contribution in [2.45, 2.75) is 30.8 Å². The molecular weight excluding hydrogens is 341 g/mol. The number of rotatable bonds is 5. The number of carbonyl (C=O) groups excluding carboxylic acids is 1. The Bertz CT molecular complexity index is 507. The van der Waals surface area contributed by atoms with Crippen LogP contribution in [0, 0.1) is 5.82 Å². The Morgan fingerprint density at radius 2 is 2.05 bits per heavy atom. The van der Waals surface area contributed by atoms with E-state index in [9.17, 15) is 9.18 Å². The number of hydrogen-bond acceptors (Lipinski definition) is 3. The van der Waals surface area contributed by atoms with Gasteiger partial charge in [-0.2, -0.15) is 0 Å². The zero-order valence-electron chi connectivity index (χ0n) is 12.7. The molecule has 0 atom stereocenters. The normalized spacial score (nSPS) is 16.3. The minimum absolute atomic E-state index is 0.0530. The third kappa shape index (κ3) is 4.80. The van der Waals surface area contributed by atoms with Crippen molar-refractivity contribution in [1.82, 2.24) is 0 Å². The molecule has 1 aliphatic heterocycles. The molecule has 122 valence electrons. The Balaban J connectivity index is 2.23. The predicted molar refractivity (Wildman–Crippen MR) is 96.8 cm³/mol. The number of carbonyl (C=O) groups is 1. The average Bonchev–Trinajstić information content (AvgIpc) is 2.80. The van der Waals surface area contributed by atoms with Gasteiger partial charge in [0.1, 0.15) is 11.7 Å². The molecule has 1 amide bonds. The van der Waals surface area contributed by atoms with E-state index in [0.29, 0.717) is 17.5 Å². The lowest BCUT2D eigenvalue weighted by molar-refractivity contribution is -0.116. The summed E-state index contributed by atoms with van der Waals surface area (Å²) >= 11 is 9.60. The summed E-state index contributed by atoms with van der Waals surface area (Å²) in [7, 11) is 0. The maximum atomic E-state index is 13.5. The lowest BCUT2D eigenvalue weighted by Gasteiger charge is -2.28. The number of nitrogens with zero attached hydrogens (tertiary/aromatic N) is 1. The molecule has 1 fully saturated rings. The molecule has 0 saturated carbocycles. The van der Waals surface area contributed by atoms with E-state index in [-0.39, 0.29) is 17.6 Å². The number of benzene rings is 1. The van der Waals surface area contributed by atoms with E-state index in [0.717, 1.165) is 22.8 Å². The zero-order valence-corrected chi connectivity index (χ0v) is 15.1. The highest BCUT2D eigenvalue weighted by molar-refractivity contribution is 8.17. The van der Waals surface area contributed by atoms with Crippen molar-refractivity contribution in [3.05, 3.63) is 29.6 Å². The number of aryl methyl sites for hydroxylation is 1. The van der Waals surface area contributed by atoms with Gasteiger partial charge >= 0.3 is 0 Å². The zero-order chi connectivity index (χ0) is 15.9. The molecule has 1 saturated heterocycles. The molecule has 0 aliphatic carbocycles. The number of amides is 1. The first kappa shape index (κ1) is 18.0. The van der Waals surface area contributed by atoms with Gasteiger partial charge in [0, 0.05) is 12.2 Å². The number of hydrogen-bond donors (Lipinski definition) is 0. The van der Waals surface area contributed by atoms with Crippen molar-refractivity contribution in [3.8, 4) is 0 Å². The summed E-state index contributed by atoms with van der Waals surface area (Å²) in [4.78, 5) is 14.0. The average molecular weight is 362 g/mol. The summed E-state index contributed by atoms with van der Waals surface area (Å²) in [6.45, 7) is 2.59. The van der Waals surface area contributed by atoms with Gasteiger partial charge in [0.15, 0.2) is 0 Å². The van der Waals surface area contributed by atoms with Gasteiger partial charge in [-0.05, 0) is 54.5 Å². The summed E-state index contributed by atoms with van der Waals surface area (Å²) < 4.78 is 13.8. The van der Waals surface area contributed by atoms with Gasteiger partial charge in [-0.25, -0.2) is 4.39 Å². The van der Waals surface area contributed by atoms with E-state index in [1.54, 1.807) is 11.0 Å². The molecule has 1 aliphatic rings. The third-order valence-electron chi connectivity index (χ3n) is 3.61. The molecule has 0 N–H and O–H groups in total. The van der Waals surface area contributed by atoms with Crippen LogP contribution in [0.3, 0.4) is 0 Å². The maximum absolute atomic E-state index is 13.5. The number of alkyl halides is 1. The monoisotopic (exact) mass is 361 g/mol. The second-order valence-electron chi connectivity index (χ2n) is 5.14. The van der Waals surface area contributed by atoms with Crippen LogP contribution < -0.4 is 4.90 Å². The van der Waals surface area contributed by atoms with Crippen LogP contribution in [0.1, 0.15) is 25.3 Å². The van der Waals surface area contributed by atoms with Crippen LogP contribution in [0.5, 0.6) is 0 Å². The molecule has 0 bridgehead atoms. The van der Waals surface area contributed by atoms with Crippen LogP contribution in [-0.2, 0) is 11.2 Å². The molecule has 0 radical (unpaired) electrons. The molecule has 1 aromatic rings. The number of halogens is 2. The highest BCUT2D eigenvalue weighted by Gasteiger charge is 2.23. The first-order chi connectivity index (χ1) is 10.7. The second-order valence-corrected chi connectivity index (χ2v) is 8.33. The molecule has 22 heavy (non-hydrogen) atoms. The Kier molecular flexibility index (Phi) is 7.38. The lowest BCUT2D eigenvalue weighted by Crippen LogP contribution is -2.37. The highest BCUT2D eigenvalue weighted by atomic mass is 35.5. The smallest absolute Gasteiger partial charge is 0.241 e. The lowest BCUT2D eigenvalue weighted by atomic mass is 10.1. The molecule has 0 unspecified atom stereocenters. The van der Waals surface area contributed by atoms with Gasteiger partial charge in [0.25, 0.3) is 0 Å². The van der Waals surface area contributed by atoms with E-state index in [4.69, 9.17) is 11.6 Å². The van der Waals surface area contributed by atoms with Crippen molar-refractivity contribution in [2.75, 3.05) is 28.8 Å². The largest absolute Gasteiger partial charge is 0.309 e. The Labute approximate surface area is 145 Å². The van der Waals surface area contributed by atoms with Gasteiger partial charge in [-0.1, -0.05) is 6.92 Å². The Morgan fingerprint density at radius 3 is 2.64 bits per heavy atom. The summed E-state index contributed by atoms with van der Waals surface area (Å²) in [6, 6.07) is 4.62. The predicted octanol–water partition coefficient (Wildman–Crippen LogP) is 4.55. The molecule has 2 rings (SSSR count). The molecule has 2 nitrogen and oxygen atoms in total. The van der Waals surface area contributed by atoms with Gasteiger partial charge in [0.2, 0.25) is 5.91 Å². The third-order valence-corrected chi connectivity index (χ3v) is 6.74. The van der Waals surface area contributed by atoms with Crippen molar-refractivity contribution in [3.63, 3.8) is 0 Å². The maximum Gasteiger partial charge on any atom is 0.241 e. The summed E-state index contributed by atoms with van der Waals surface area (Å²) in [5.74, 6) is 1.82. The van der Waals surface area contributed by atoms with Crippen LogP contribution in [-0.4, -0.2) is 34.4 Å². The topological polar surface area (TPSA) is 20.3 Å². The van der Waals surface area contributed by atoms with Crippen molar-refractivity contribution in [2.24, 2.45) is 0 Å². The van der Waals surface area contributed by atoms with Crippen molar-refractivity contribution >= 4 is 46.7 Å². The summed E-state index contributed by atoms with van der Waals surface area (Å²) in [5, 5.41) is 0. The van der Waals surface area contributed by atoms with Crippen LogP contribution in [0.15, 0.2) is 18.2 Å². The fourth-order valence-electron chi connectivity index (χ4n) is 2.44. The van der Waals surface area contributed by atoms with Crippen LogP contribution >= 0.6 is 35.1 Å². The Morgan fingerprint density at radius 1 is 1.36 bits per heavy atom. The summed E-state index contributed by atoms with van der Waals surface area (Å²) in [6.07, 6.45) is 3.15. The van der Waals surface area contributed by atoms with Crippen molar-refractivity contribution in [1.29, 1.82) is 0 Å². The molecule has 0 spiro atoms. The van der Waals surface area contributed by atoms with Gasteiger partial charge in [0.05, 0.1) is 4.58 Å². The fourth-order valence-corrected chi connectivity index (χ4v) is 5.33. The standard InChI is InChI=1S/C16H21ClFNOS2/c1-2-12-9-13(18)5-6-14(12)19(15(20)10-17)11-16-21-7-3-4-8-22-16/h5-6,9,16H,2-4,7-8,10-11H2,1H3. The van der Waals surface area contributed by atoms with E-state index < -0.39 is 0 Å². The van der Waals surface area contributed by atoms with Crippen molar-refractivity contribution < 1.29 is 9.18 Å². The molecule has 6 heteroatoms. The van der Waals surface area contributed by atoms with Gasteiger partial charge < -0.3 is 4.90 Å². The Hall–Kier alpha value is -0.390. The van der Waals surface area contributed by atoms with Gasteiger partial charge in [-0.3, -0.25) is 4.79 Å². The molecule has 1 aromatic carbocycles. The SMILES string of the molecule is CCc1cc(F)ccc1N(CC1SCCCCS1)C(=O)CCl. The first-order valence-corrected chi connectivity index (χ1v) is 10.2. The fraction of sp³-hybridized carbons (Fsp3) is 0.562. The number of thioether (sulfide) groups is 2. The summed E-state index contributed by atoms with van der Waals surface area (Å²) in [5.41, 5.74) is 1.64. The van der Waals surface area contributed by atoms with E-state index in [1.165, 1.54) is 25.0 Å². The van der Waals surface area contributed by atoms with E-state index in [2.05, 4.69) is 0 Å². The molecular formula is C16H21ClFNOS2. The van der Waals surface area contributed by atoms with Gasteiger partial charge in [-0.15, -0.1) is 35.1 Å². The second kappa shape index (κ2) is 9.04. The highest BCUT2D eigenvalue weighted by Crippen LogP contribution is 2.32. The van der Waals surface area contributed by atoms with E-state index in [1.807, 2.05) is 30.4 Å². The molecule has 1 heterocycles. The molecule has 0 aromatic heterocycles. The first-order valence-electron chi connectivity index (χ1n) is 7.53. The van der Waals surface area contributed by atoms with Crippen LogP contribution in [0.4, 0.5) is 10.1 Å². The minimum atomic E-state index is -0.267. The van der Waals surface area contributed by atoms with Crippen LogP contribution in [0.2, 0.25) is 0 Å².